The van der Waals surface area contributed by atoms with Crippen molar-refractivity contribution >= 4 is 0 Å². The molecule has 0 bridgehead atoms. The molecule has 0 amide bonds. The highest BCUT2D eigenvalue weighted by Gasteiger charge is 2.03. The lowest BCUT2D eigenvalue weighted by molar-refractivity contribution is 0.272. The topological polar surface area (TPSA) is 28.2 Å². The summed E-state index contributed by atoms with van der Waals surface area (Å²) in [7, 11) is 0. The second-order valence-electron chi connectivity index (χ2n) is 3.90. The Bertz CT molecular complexity index is 261. The van der Waals surface area contributed by atoms with Crippen LogP contribution in [0.3, 0.4) is 0 Å². The maximum absolute atomic E-state index is 4.35. The highest BCUT2D eigenvalue weighted by Crippen LogP contribution is 2.01. The Labute approximate surface area is 98.9 Å². The third kappa shape index (κ3) is 5.24. The number of hydrogen-bond acceptors (Lipinski definition) is 3. The molecule has 16 heavy (non-hydrogen) atoms. The summed E-state index contributed by atoms with van der Waals surface area (Å²) in [4.78, 5) is 6.78. The lowest BCUT2D eigenvalue weighted by atomic mass is 10.3. The van der Waals surface area contributed by atoms with Crippen LogP contribution in [0.15, 0.2) is 24.4 Å². The molecule has 1 aromatic heterocycles. The van der Waals surface area contributed by atoms with E-state index < -0.39 is 0 Å². The quantitative estimate of drug-likeness (QED) is 0.680. The Balaban J connectivity index is 2.26. The molecule has 1 aromatic rings. The highest BCUT2D eigenvalue weighted by molar-refractivity contribution is 5.03. The van der Waals surface area contributed by atoms with Gasteiger partial charge in [-0.1, -0.05) is 19.9 Å². The average Bonchev–Trinajstić information content (AvgIpc) is 2.34. The van der Waals surface area contributed by atoms with Gasteiger partial charge in [0.1, 0.15) is 0 Å². The van der Waals surface area contributed by atoms with Gasteiger partial charge < -0.3 is 5.32 Å². The molecule has 90 valence electrons. The number of aromatic nitrogens is 1. The van der Waals surface area contributed by atoms with Gasteiger partial charge in [-0.3, -0.25) is 9.88 Å². The van der Waals surface area contributed by atoms with Crippen LogP contribution >= 0.6 is 0 Å². The fourth-order valence-corrected chi connectivity index (χ4v) is 1.67. The van der Waals surface area contributed by atoms with Crippen LogP contribution in [0.2, 0.25) is 0 Å². The molecule has 0 aliphatic rings. The summed E-state index contributed by atoms with van der Waals surface area (Å²) < 4.78 is 0. The summed E-state index contributed by atoms with van der Waals surface area (Å²) in [5.41, 5.74) is 1.16. The minimum absolute atomic E-state index is 0.962. The van der Waals surface area contributed by atoms with E-state index in [2.05, 4.69) is 41.2 Å². The molecule has 0 fully saturated rings. The van der Waals surface area contributed by atoms with Gasteiger partial charge in [-0.25, -0.2) is 0 Å². The Kier molecular flexibility index (Phi) is 6.77. The first-order valence-electron chi connectivity index (χ1n) is 6.19. The van der Waals surface area contributed by atoms with Crippen LogP contribution < -0.4 is 5.32 Å². The van der Waals surface area contributed by atoms with Crippen LogP contribution in [0.1, 0.15) is 26.0 Å². The largest absolute Gasteiger partial charge is 0.317 e. The Morgan fingerprint density at radius 1 is 1.31 bits per heavy atom. The van der Waals surface area contributed by atoms with Gasteiger partial charge in [0.05, 0.1) is 5.69 Å². The zero-order valence-electron chi connectivity index (χ0n) is 10.4. The SMILES string of the molecule is CCNCCCN(CC)Cc1ccccn1. The van der Waals surface area contributed by atoms with Crippen molar-refractivity contribution in [2.24, 2.45) is 0 Å². The molecule has 0 aliphatic carbocycles. The summed E-state index contributed by atoms with van der Waals surface area (Å²) >= 11 is 0. The Hall–Kier alpha value is -0.930. The Morgan fingerprint density at radius 2 is 2.19 bits per heavy atom. The van der Waals surface area contributed by atoms with Gasteiger partial charge in [-0.05, 0) is 44.7 Å². The molecule has 1 N–H and O–H groups in total. The van der Waals surface area contributed by atoms with Crippen molar-refractivity contribution in [2.45, 2.75) is 26.8 Å². The molecule has 0 aliphatic heterocycles. The molecule has 0 spiro atoms. The van der Waals surface area contributed by atoms with Gasteiger partial charge in [-0.15, -0.1) is 0 Å². The molecule has 0 radical (unpaired) electrons. The maximum Gasteiger partial charge on any atom is 0.0543 e. The van der Waals surface area contributed by atoms with Gasteiger partial charge in [-0.2, -0.15) is 0 Å². The molecule has 1 heterocycles. The van der Waals surface area contributed by atoms with Crippen LogP contribution in [0.25, 0.3) is 0 Å². The fourth-order valence-electron chi connectivity index (χ4n) is 1.67. The predicted molar refractivity (Wildman–Crippen MR) is 68.3 cm³/mol. The molecular formula is C13H23N3. The zero-order valence-corrected chi connectivity index (χ0v) is 10.4. The van der Waals surface area contributed by atoms with Gasteiger partial charge in [0.2, 0.25) is 0 Å². The van der Waals surface area contributed by atoms with E-state index in [1.807, 2.05) is 12.3 Å². The van der Waals surface area contributed by atoms with E-state index in [1.165, 1.54) is 6.42 Å². The molecule has 0 aromatic carbocycles. The van der Waals surface area contributed by atoms with Gasteiger partial charge in [0.15, 0.2) is 0 Å². The Morgan fingerprint density at radius 3 is 2.81 bits per heavy atom. The normalized spacial score (nSPS) is 10.9. The van der Waals surface area contributed by atoms with Crippen LogP contribution in [-0.2, 0) is 6.54 Å². The number of nitrogens with zero attached hydrogens (tertiary/aromatic N) is 2. The van der Waals surface area contributed by atoms with Crippen LogP contribution in [0.4, 0.5) is 0 Å². The molecule has 0 saturated carbocycles. The third-order valence-electron chi connectivity index (χ3n) is 2.64. The van der Waals surface area contributed by atoms with Crippen molar-refractivity contribution in [1.29, 1.82) is 0 Å². The number of pyridine rings is 1. The highest BCUT2D eigenvalue weighted by atomic mass is 15.1. The first-order valence-corrected chi connectivity index (χ1v) is 6.19. The van der Waals surface area contributed by atoms with E-state index >= 15 is 0 Å². The number of nitrogens with one attached hydrogen (secondary N) is 1. The van der Waals surface area contributed by atoms with Crippen molar-refractivity contribution in [1.82, 2.24) is 15.2 Å². The monoisotopic (exact) mass is 221 g/mol. The molecule has 3 heteroatoms. The van der Waals surface area contributed by atoms with Crippen molar-refractivity contribution in [3.63, 3.8) is 0 Å². The van der Waals surface area contributed by atoms with Crippen LogP contribution in [0, 0.1) is 0 Å². The summed E-state index contributed by atoms with van der Waals surface area (Å²) in [6.07, 6.45) is 3.07. The second kappa shape index (κ2) is 8.25. The zero-order chi connectivity index (χ0) is 11.6. The minimum atomic E-state index is 0.962. The van der Waals surface area contributed by atoms with E-state index in [0.29, 0.717) is 0 Å². The van der Waals surface area contributed by atoms with E-state index in [0.717, 1.165) is 38.4 Å². The minimum Gasteiger partial charge on any atom is -0.317 e. The average molecular weight is 221 g/mol. The molecule has 0 unspecified atom stereocenters. The van der Waals surface area contributed by atoms with Crippen molar-refractivity contribution in [3.8, 4) is 0 Å². The first-order chi connectivity index (χ1) is 7.86. The fraction of sp³-hybridized carbons (Fsp3) is 0.615. The van der Waals surface area contributed by atoms with E-state index in [-0.39, 0.29) is 0 Å². The lowest BCUT2D eigenvalue weighted by Gasteiger charge is -2.19. The first kappa shape index (κ1) is 13.1. The molecule has 0 saturated heterocycles. The van der Waals surface area contributed by atoms with Crippen LogP contribution in [-0.4, -0.2) is 36.1 Å². The third-order valence-corrected chi connectivity index (χ3v) is 2.64. The smallest absolute Gasteiger partial charge is 0.0543 e. The second-order valence-corrected chi connectivity index (χ2v) is 3.90. The van der Waals surface area contributed by atoms with E-state index in [4.69, 9.17) is 0 Å². The molecule has 3 nitrogen and oxygen atoms in total. The summed E-state index contributed by atoms with van der Waals surface area (Å²) in [6, 6.07) is 6.10. The predicted octanol–water partition coefficient (Wildman–Crippen LogP) is 1.90. The lowest BCUT2D eigenvalue weighted by Crippen LogP contribution is -2.27. The molecule has 1 rings (SSSR count). The van der Waals surface area contributed by atoms with Gasteiger partial charge in [0.25, 0.3) is 0 Å². The van der Waals surface area contributed by atoms with Gasteiger partial charge >= 0.3 is 0 Å². The maximum atomic E-state index is 4.35. The number of rotatable bonds is 8. The van der Waals surface area contributed by atoms with E-state index in [9.17, 15) is 0 Å². The summed E-state index contributed by atoms with van der Waals surface area (Å²) in [5.74, 6) is 0. The van der Waals surface area contributed by atoms with Crippen molar-refractivity contribution in [3.05, 3.63) is 30.1 Å². The summed E-state index contributed by atoms with van der Waals surface area (Å²) in [6.45, 7) is 9.70. The van der Waals surface area contributed by atoms with Crippen LogP contribution in [0.5, 0.6) is 0 Å². The molecular weight excluding hydrogens is 198 g/mol. The van der Waals surface area contributed by atoms with Gasteiger partial charge in [0, 0.05) is 12.7 Å². The standard InChI is InChI=1S/C13H23N3/c1-3-14-9-7-11-16(4-2)12-13-8-5-6-10-15-13/h5-6,8,10,14H,3-4,7,9,11-12H2,1-2H3. The number of hydrogen-bond donors (Lipinski definition) is 1. The van der Waals surface area contributed by atoms with Crippen molar-refractivity contribution in [2.75, 3.05) is 26.2 Å². The van der Waals surface area contributed by atoms with E-state index in [1.54, 1.807) is 0 Å². The summed E-state index contributed by atoms with van der Waals surface area (Å²) in [5, 5.41) is 3.35. The molecule has 0 atom stereocenters. The van der Waals surface area contributed by atoms with Crippen molar-refractivity contribution < 1.29 is 0 Å².